The van der Waals surface area contributed by atoms with E-state index in [1.54, 1.807) is 18.2 Å². The summed E-state index contributed by atoms with van der Waals surface area (Å²) in [6, 6.07) is 5.96. The average molecular weight is 251 g/mol. The van der Waals surface area contributed by atoms with Crippen molar-refractivity contribution in [2.24, 2.45) is 0 Å². The number of carbonyl (C=O) groups excluding carboxylic acids is 1. The Morgan fingerprint density at radius 1 is 1.39 bits per heavy atom. The zero-order valence-corrected chi connectivity index (χ0v) is 10.5. The van der Waals surface area contributed by atoms with E-state index in [2.05, 4.69) is 5.32 Å². The third-order valence-corrected chi connectivity index (χ3v) is 2.27. The first kappa shape index (κ1) is 14.4. The van der Waals surface area contributed by atoms with Gasteiger partial charge in [-0.05, 0) is 37.1 Å². The predicted molar refractivity (Wildman–Crippen MR) is 69.6 cm³/mol. The molecule has 18 heavy (non-hydrogen) atoms. The van der Waals surface area contributed by atoms with Crippen molar-refractivity contribution in [2.75, 3.05) is 19.8 Å². The van der Waals surface area contributed by atoms with E-state index in [1.165, 1.54) is 18.2 Å². The molecular formula is C14H18FNO2. The van der Waals surface area contributed by atoms with E-state index >= 15 is 0 Å². The molecule has 0 aliphatic heterocycles. The minimum atomic E-state index is -0.285. The van der Waals surface area contributed by atoms with Crippen LogP contribution in [0.15, 0.2) is 30.3 Å². The van der Waals surface area contributed by atoms with Gasteiger partial charge in [0.05, 0.1) is 0 Å². The minimum Gasteiger partial charge on any atom is -0.382 e. The second kappa shape index (κ2) is 8.42. The summed E-state index contributed by atoms with van der Waals surface area (Å²) in [5, 5.41) is 2.74. The van der Waals surface area contributed by atoms with Crippen LogP contribution in [0.25, 0.3) is 6.08 Å². The Morgan fingerprint density at radius 3 is 2.78 bits per heavy atom. The summed E-state index contributed by atoms with van der Waals surface area (Å²) in [7, 11) is 0. The van der Waals surface area contributed by atoms with Gasteiger partial charge in [0, 0.05) is 25.8 Å². The molecule has 0 atom stereocenters. The van der Waals surface area contributed by atoms with Gasteiger partial charge in [-0.1, -0.05) is 12.1 Å². The molecule has 1 rings (SSSR count). The molecule has 1 aromatic rings. The summed E-state index contributed by atoms with van der Waals surface area (Å²) in [6.45, 7) is 3.87. The fourth-order valence-electron chi connectivity index (χ4n) is 1.33. The summed E-state index contributed by atoms with van der Waals surface area (Å²) >= 11 is 0. The van der Waals surface area contributed by atoms with Crippen LogP contribution in [0.1, 0.15) is 18.9 Å². The Bertz CT molecular complexity index is 387. The summed E-state index contributed by atoms with van der Waals surface area (Å²) in [5.74, 6) is -0.441. The monoisotopic (exact) mass is 251 g/mol. The van der Waals surface area contributed by atoms with Crippen LogP contribution in [0.4, 0.5) is 4.39 Å². The number of benzene rings is 1. The van der Waals surface area contributed by atoms with Crippen LogP contribution in [0.5, 0.6) is 0 Å². The zero-order valence-electron chi connectivity index (χ0n) is 10.5. The molecular weight excluding hydrogens is 233 g/mol. The summed E-state index contributed by atoms with van der Waals surface area (Å²) in [5.41, 5.74) is 0.792. The van der Waals surface area contributed by atoms with Crippen molar-refractivity contribution in [3.63, 3.8) is 0 Å². The first-order chi connectivity index (χ1) is 8.72. The Kier molecular flexibility index (Phi) is 6.72. The number of hydrogen-bond acceptors (Lipinski definition) is 2. The van der Waals surface area contributed by atoms with Crippen molar-refractivity contribution in [3.05, 3.63) is 41.7 Å². The molecule has 0 unspecified atom stereocenters. The lowest BCUT2D eigenvalue weighted by Crippen LogP contribution is -2.23. The van der Waals surface area contributed by atoms with E-state index in [4.69, 9.17) is 4.74 Å². The molecule has 1 N–H and O–H groups in total. The fourth-order valence-corrected chi connectivity index (χ4v) is 1.33. The standard InChI is InChI=1S/C14H18FNO2/c1-2-18-11-3-10-16-14(17)9-6-12-4-7-13(15)8-5-12/h4-9H,2-3,10-11H2,1H3,(H,16,17)/b9-6+. The van der Waals surface area contributed by atoms with E-state index in [0.717, 1.165) is 12.0 Å². The maximum absolute atomic E-state index is 12.6. The van der Waals surface area contributed by atoms with Gasteiger partial charge in [0.1, 0.15) is 5.82 Å². The molecule has 98 valence electrons. The number of nitrogens with one attached hydrogen (secondary N) is 1. The molecule has 0 aromatic heterocycles. The van der Waals surface area contributed by atoms with Crippen LogP contribution in [-0.2, 0) is 9.53 Å². The van der Waals surface area contributed by atoms with Crippen molar-refractivity contribution in [3.8, 4) is 0 Å². The molecule has 0 aliphatic rings. The minimum absolute atomic E-state index is 0.157. The van der Waals surface area contributed by atoms with Crippen molar-refractivity contribution < 1.29 is 13.9 Å². The van der Waals surface area contributed by atoms with E-state index in [-0.39, 0.29) is 11.7 Å². The zero-order chi connectivity index (χ0) is 13.2. The third kappa shape index (κ3) is 6.15. The van der Waals surface area contributed by atoms with E-state index in [1.807, 2.05) is 6.92 Å². The molecule has 0 radical (unpaired) electrons. The van der Waals surface area contributed by atoms with Crippen LogP contribution in [0, 0.1) is 5.82 Å². The number of ether oxygens (including phenoxy) is 1. The van der Waals surface area contributed by atoms with Gasteiger partial charge < -0.3 is 10.1 Å². The Morgan fingerprint density at radius 2 is 2.11 bits per heavy atom. The molecule has 0 bridgehead atoms. The lowest BCUT2D eigenvalue weighted by molar-refractivity contribution is -0.116. The van der Waals surface area contributed by atoms with Crippen LogP contribution >= 0.6 is 0 Å². The topological polar surface area (TPSA) is 38.3 Å². The van der Waals surface area contributed by atoms with Crippen LogP contribution in [0.3, 0.4) is 0 Å². The highest BCUT2D eigenvalue weighted by molar-refractivity contribution is 5.91. The molecule has 1 aromatic carbocycles. The number of amides is 1. The van der Waals surface area contributed by atoms with E-state index in [0.29, 0.717) is 19.8 Å². The average Bonchev–Trinajstić information content (AvgIpc) is 2.38. The molecule has 0 heterocycles. The van der Waals surface area contributed by atoms with Gasteiger partial charge in [-0.2, -0.15) is 0 Å². The largest absolute Gasteiger partial charge is 0.382 e. The van der Waals surface area contributed by atoms with Crippen molar-refractivity contribution >= 4 is 12.0 Å². The Labute approximate surface area is 107 Å². The molecule has 4 heteroatoms. The molecule has 0 spiro atoms. The highest BCUT2D eigenvalue weighted by atomic mass is 19.1. The maximum atomic E-state index is 12.6. The Hall–Kier alpha value is -1.68. The molecule has 0 aliphatic carbocycles. The fraction of sp³-hybridized carbons (Fsp3) is 0.357. The van der Waals surface area contributed by atoms with Gasteiger partial charge >= 0.3 is 0 Å². The van der Waals surface area contributed by atoms with Crippen LogP contribution in [-0.4, -0.2) is 25.7 Å². The summed E-state index contributed by atoms with van der Waals surface area (Å²) in [4.78, 5) is 11.4. The highest BCUT2D eigenvalue weighted by Gasteiger charge is 1.95. The van der Waals surface area contributed by atoms with Crippen molar-refractivity contribution in [1.82, 2.24) is 5.32 Å². The van der Waals surface area contributed by atoms with E-state index < -0.39 is 0 Å². The molecule has 1 amide bonds. The predicted octanol–water partition coefficient (Wildman–Crippen LogP) is 2.38. The van der Waals surface area contributed by atoms with Gasteiger partial charge in [0.15, 0.2) is 0 Å². The molecule has 0 fully saturated rings. The number of carbonyl (C=O) groups is 1. The Balaban J connectivity index is 2.25. The van der Waals surface area contributed by atoms with Gasteiger partial charge in [-0.3, -0.25) is 4.79 Å². The number of rotatable bonds is 7. The first-order valence-electron chi connectivity index (χ1n) is 6.01. The van der Waals surface area contributed by atoms with Gasteiger partial charge in [-0.15, -0.1) is 0 Å². The van der Waals surface area contributed by atoms with Gasteiger partial charge in [0.2, 0.25) is 5.91 Å². The number of hydrogen-bond donors (Lipinski definition) is 1. The summed E-state index contributed by atoms with van der Waals surface area (Å²) in [6.07, 6.45) is 3.88. The maximum Gasteiger partial charge on any atom is 0.244 e. The quantitative estimate of drug-likeness (QED) is 0.597. The van der Waals surface area contributed by atoms with Gasteiger partial charge in [-0.25, -0.2) is 4.39 Å². The number of halogens is 1. The van der Waals surface area contributed by atoms with E-state index in [9.17, 15) is 9.18 Å². The smallest absolute Gasteiger partial charge is 0.244 e. The summed E-state index contributed by atoms with van der Waals surface area (Å²) < 4.78 is 17.8. The van der Waals surface area contributed by atoms with Crippen LogP contribution in [0.2, 0.25) is 0 Å². The second-order valence-corrected chi connectivity index (χ2v) is 3.73. The lowest BCUT2D eigenvalue weighted by Gasteiger charge is -2.02. The second-order valence-electron chi connectivity index (χ2n) is 3.73. The van der Waals surface area contributed by atoms with Crippen molar-refractivity contribution in [1.29, 1.82) is 0 Å². The van der Waals surface area contributed by atoms with Crippen molar-refractivity contribution in [2.45, 2.75) is 13.3 Å². The normalized spacial score (nSPS) is 10.8. The first-order valence-corrected chi connectivity index (χ1v) is 6.01. The molecule has 0 saturated carbocycles. The van der Waals surface area contributed by atoms with Gasteiger partial charge in [0.25, 0.3) is 0 Å². The highest BCUT2D eigenvalue weighted by Crippen LogP contribution is 2.04. The lowest BCUT2D eigenvalue weighted by atomic mass is 10.2. The molecule has 3 nitrogen and oxygen atoms in total. The SMILES string of the molecule is CCOCCCNC(=O)/C=C/c1ccc(F)cc1. The van der Waals surface area contributed by atoms with Crippen LogP contribution < -0.4 is 5.32 Å². The molecule has 0 saturated heterocycles. The third-order valence-electron chi connectivity index (χ3n) is 2.27.